The first-order valence-electron chi connectivity index (χ1n) is 7.63. The average Bonchev–Trinajstić information content (AvgIpc) is 2.50. The maximum absolute atomic E-state index is 12.4. The number of nitrogens with one attached hydrogen (secondary N) is 1. The first-order valence-corrected chi connectivity index (χ1v) is 7.63. The van der Waals surface area contributed by atoms with E-state index in [2.05, 4.69) is 22.2 Å². The molecule has 6 nitrogen and oxygen atoms in total. The van der Waals surface area contributed by atoms with E-state index in [0.717, 1.165) is 45.6 Å². The predicted octanol–water partition coefficient (Wildman–Crippen LogP) is -0.894. The van der Waals surface area contributed by atoms with Crippen molar-refractivity contribution >= 4 is 5.91 Å². The lowest BCUT2D eigenvalue weighted by Crippen LogP contribution is -2.51. The minimum absolute atomic E-state index is 0.109. The van der Waals surface area contributed by atoms with Crippen LogP contribution in [0.25, 0.3) is 0 Å². The number of likely N-dealkylation sites (N-methyl/N-ethyl adjacent to an activating group) is 1. The van der Waals surface area contributed by atoms with Gasteiger partial charge >= 0.3 is 0 Å². The number of amides is 1. The molecule has 116 valence electrons. The van der Waals surface area contributed by atoms with Crippen LogP contribution in [0.15, 0.2) is 0 Å². The normalized spacial score (nSPS) is 24.5. The van der Waals surface area contributed by atoms with Crippen LogP contribution < -0.4 is 11.1 Å². The van der Waals surface area contributed by atoms with Crippen LogP contribution in [-0.2, 0) is 9.53 Å². The molecule has 0 aliphatic carbocycles. The fraction of sp³-hybridized carbons (Fsp3) is 0.929. The van der Waals surface area contributed by atoms with E-state index < -0.39 is 5.41 Å². The summed E-state index contributed by atoms with van der Waals surface area (Å²) in [5.74, 6) is 0.109. The van der Waals surface area contributed by atoms with Crippen LogP contribution in [0.2, 0.25) is 0 Å². The van der Waals surface area contributed by atoms with Gasteiger partial charge in [0, 0.05) is 59.0 Å². The highest BCUT2D eigenvalue weighted by Crippen LogP contribution is 2.29. The van der Waals surface area contributed by atoms with Gasteiger partial charge in [0.15, 0.2) is 0 Å². The minimum Gasteiger partial charge on any atom is -0.381 e. The van der Waals surface area contributed by atoms with E-state index in [1.165, 1.54) is 0 Å². The maximum Gasteiger partial charge on any atom is 0.227 e. The predicted molar refractivity (Wildman–Crippen MR) is 78.5 cm³/mol. The SMILES string of the molecule is CN1CCN(CCNC(=O)C2(CN)CCOCC2)CC1. The van der Waals surface area contributed by atoms with Crippen LogP contribution in [0.4, 0.5) is 0 Å². The van der Waals surface area contributed by atoms with Crippen molar-refractivity contribution in [1.29, 1.82) is 0 Å². The fourth-order valence-corrected chi connectivity index (χ4v) is 2.87. The Balaban J connectivity index is 1.71. The van der Waals surface area contributed by atoms with E-state index in [9.17, 15) is 4.79 Å². The summed E-state index contributed by atoms with van der Waals surface area (Å²) < 4.78 is 5.34. The van der Waals surface area contributed by atoms with E-state index in [-0.39, 0.29) is 5.91 Å². The van der Waals surface area contributed by atoms with Gasteiger partial charge in [0.25, 0.3) is 0 Å². The van der Waals surface area contributed by atoms with Gasteiger partial charge in [-0.05, 0) is 19.9 Å². The summed E-state index contributed by atoms with van der Waals surface area (Å²) in [7, 11) is 2.15. The molecule has 0 aromatic heterocycles. The van der Waals surface area contributed by atoms with Crippen molar-refractivity contribution in [1.82, 2.24) is 15.1 Å². The number of nitrogens with zero attached hydrogens (tertiary/aromatic N) is 2. The number of carbonyl (C=O) groups excluding carboxylic acids is 1. The molecule has 2 heterocycles. The molecule has 0 saturated carbocycles. The summed E-state index contributed by atoms with van der Waals surface area (Å²) in [6.07, 6.45) is 1.48. The summed E-state index contributed by atoms with van der Waals surface area (Å²) in [6, 6.07) is 0. The number of piperazine rings is 1. The molecule has 0 spiro atoms. The first kappa shape index (κ1) is 15.7. The number of hydrogen-bond acceptors (Lipinski definition) is 5. The quantitative estimate of drug-likeness (QED) is 0.685. The summed E-state index contributed by atoms with van der Waals surface area (Å²) in [4.78, 5) is 17.1. The zero-order valence-electron chi connectivity index (χ0n) is 12.6. The lowest BCUT2D eigenvalue weighted by Gasteiger charge is -2.35. The topological polar surface area (TPSA) is 70.8 Å². The van der Waals surface area contributed by atoms with Gasteiger partial charge in [-0.25, -0.2) is 0 Å². The van der Waals surface area contributed by atoms with Crippen LogP contribution in [-0.4, -0.2) is 81.8 Å². The summed E-state index contributed by atoms with van der Waals surface area (Å²) in [5, 5.41) is 3.07. The Hall–Kier alpha value is -0.690. The third-order valence-corrected chi connectivity index (χ3v) is 4.63. The van der Waals surface area contributed by atoms with Crippen molar-refractivity contribution in [3.63, 3.8) is 0 Å². The van der Waals surface area contributed by atoms with E-state index in [0.29, 0.717) is 26.3 Å². The number of rotatable bonds is 5. The van der Waals surface area contributed by atoms with Gasteiger partial charge in [-0.3, -0.25) is 9.69 Å². The van der Waals surface area contributed by atoms with Gasteiger partial charge in [-0.15, -0.1) is 0 Å². The number of hydrogen-bond donors (Lipinski definition) is 2. The van der Waals surface area contributed by atoms with Crippen LogP contribution in [0.1, 0.15) is 12.8 Å². The lowest BCUT2D eigenvalue weighted by atomic mass is 9.79. The summed E-state index contributed by atoms with van der Waals surface area (Å²) in [6.45, 7) is 7.73. The van der Waals surface area contributed by atoms with Crippen molar-refractivity contribution in [2.75, 3.05) is 66.1 Å². The molecule has 0 aromatic rings. The molecule has 0 unspecified atom stereocenters. The monoisotopic (exact) mass is 284 g/mol. The van der Waals surface area contributed by atoms with Crippen LogP contribution in [0, 0.1) is 5.41 Å². The van der Waals surface area contributed by atoms with Crippen molar-refractivity contribution in [3.05, 3.63) is 0 Å². The highest BCUT2D eigenvalue weighted by Gasteiger charge is 2.38. The highest BCUT2D eigenvalue weighted by atomic mass is 16.5. The Morgan fingerprint density at radius 2 is 1.90 bits per heavy atom. The van der Waals surface area contributed by atoms with Crippen molar-refractivity contribution < 1.29 is 9.53 Å². The molecule has 2 aliphatic heterocycles. The molecular weight excluding hydrogens is 256 g/mol. The van der Waals surface area contributed by atoms with Crippen LogP contribution in [0.3, 0.4) is 0 Å². The van der Waals surface area contributed by atoms with Crippen molar-refractivity contribution in [2.45, 2.75) is 12.8 Å². The summed E-state index contributed by atoms with van der Waals surface area (Å²) in [5.41, 5.74) is 5.43. The van der Waals surface area contributed by atoms with E-state index in [1.807, 2.05) is 0 Å². The molecule has 6 heteroatoms. The Labute approximate surface area is 121 Å². The molecule has 2 aliphatic rings. The molecule has 2 saturated heterocycles. The third kappa shape index (κ3) is 3.91. The van der Waals surface area contributed by atoms with Crippen LogP contribution >= 0.6 is 0 Å². The van der Waals surface area contributed by atoms with Gasteiger partial charge in [-0.2, -0.15) is 0 Å². The Bertz CT molecular complexity index is 310. The molecule has 2 rings (SSSR count). The standard InChI is InChI=1S/C14H28N4O2/c1-17-6-8-18(9-7-17)5-4-16-13(19)14(12-15)2-10-20-11-3-14/h2-12,15H2,1H3,(H,16,19). The molecule has 0 radical (unpaired) electrons. The number of ether oxygens (including phenoxy) is 1. The molecule has 1 amide bonds. The van der Waals surface area contributed by atoms with Gasteiger partial charge in [0.05, 0.1) is 5.41 Å². The molecule has 0 bridgehead atoms. The van der Waals surface area contributed by atoms with E-state index in [4.69, 9.17) is 10.5 Å². The van der Waals surface area contributed by atoms with E-state index >= 15 is 0 Å². The molecule has 2 fully saturated rings. The van der Waals surface area contributed by atoms with Gasteiger partial charge in [-0.1, -0.05) is 0 Å². The van der Waals surface area contributed by atoms with Gasteiger partial charge in [0.2, 0.25) is 5.91 Å². The van der Waals surface area contributed by atoms with Crippen molar-refractivity contribution in [2.24, 2.45) is 11.1 Å². The highest BCUT2D eigenvalue weighted by molar-refractivity contribution is 5.83. The number of nitrogens with two attached hydrogens (primary N) is 1. The largest absolute Gasteiger partial charge is 0.381 e. The summed E-state index contributed by atoms with van der Waals surface area (Å²) >= 11 is 0. The third-order valence-electron chi connectivity index (χ3n) is 4.63. The molecule has 0 aromatic carbocycles. The smallest absolute Gasteiger partial charge is 0.227 e. The second-order valence-electron chi connectivity index (χ2n) is 6.00. The maximum atomic E-state index is 12.4. The zero-order chi connectivity index (χ0) is 14.4. The molecule has 3 N–H and O–H groups in total. The van der Waals surface area contributed by atoms with Gasteiger partial charge < -0.3 is 20.7 Å². The number of carbonyl (C=O) groups is 1. The molecule has 20 heavy (non-hydrogen) atoms. The molecule has 0 atom stereocenters. The minimum atomic E-state index is -0.402. The fourth-order valence-electron chi connectivity index (χ4n) is 2.87. The average molecular weight is 284 g/mol. The zero-order valence-corrected chi connectivity index (χ0v) is 12.6. The lowest BCUT2D eigenvalue weighted by molar-refractivity contribution is -0.135. The van der Waals surface area contributed by atoms with Gasteiger partial charge in [0.1, 0.15) is 0 Å². The second kappa shape index (κ2) is 7.36. The first-order chi connectivity index (χ1) is 9.66. The molecular formula is C14H28N4O2. The Morgan fingerprint density at radius 1 is 1.25 bits per heavy atom. The van der Waals surface area contributed by atoms with Crippen molar-refractivity contribution in [3.8, 4) is 0 Å². The Kier molecular flexibility index (Phi) is 5.77. The van der Waals surface area contributed by atoms with E-state index in [1.54, 1.807) is 0 Å². The van der Waals surface area contributed by atoms with Crippen LogP contribution in [0.5, 0.6) is 0 Å². The second-order valence-corrected chi connectivity index (χ2v) is 6.00. The Morgan fingerprint density at radius 3 is 2.50 bits per heavy atom.